The summed E-state index contributed by atoms with van der Waals surface area (Å²) in [4.78, 5) is 13.6. The number of halogens is 3. The van der Waals surface area contributed by atoms with E-state index in [0.29, 0.717) is 13.1 Å². The molecule has 144 valence electrons. The highest BCUT2D eigenvalue weighted by atomic mass is 19.4. The summed E-state index contributed by atoms with van der Waals surface area (Å²) in [5, 5.41) is 9.56. The van der Waals surface area contributed by atoms with Crippen molar-refractivity contribution in [2.75, 3.05) is 13.1 Å². The predicted octanol–water partition coefficient (Wildman–Crippen LogP) is 4.19. The maximum atomic E-state index is 12.7. The van der Waals surface area contributed by atoms with Crippen LogP contribution in [0.25, 0.3) is 0 Å². The van der Waals surface area contributed by atoms with Crippen molar-refractivity contribution in [2.45, 2.75) is 62.8 Å². The topological polar surface area (TPSA) is 49.8 Å². The van der Waals surface area contributed by atoms with Crippen LogP contribution in [0.3, 0.4) is 0 Å². The zero-order chi connectivity index (χ0) is 19.3. The van der Waals surface area contributed by atoms with Crippen molar-refractivity contribution in [2.24, 2.45) is 0 Å². The fourth-order valence-electron chi connectivity index (χ4n) is 3.43. The average molecular weight is 371 g/mol. The monoisotopic (exact) mass is 371 g/mol. The van der Waals surface area contributed by atoms with Crippen molar-refractivity contribution in [3.8, 4) is 0 Å². The molecule has 1 aliphatic heterocycles. The average Bonchev–Trinajstić information content (AvgIpc) is 2.40. The normalized spacial score (nSPS) is 26.9. The van der Waals surface area contributed by atoms with Gasteiger partial charge in [0.1, 0.15) is 5.60 Å². The second-order valence-electron chi connectivity index (χ2n) is 8.38. The van der Waals surface area contributed by atoms with Crippen LogP contribution in [0.5, 0.6) is 0 Å². The zero-order valence-corrected chi connectivity index (χ0v) is 15.1. The minimum atomic E-state index is -4.57. The lowest BCUT2D eigenvalue weighted by molar-refractivity contribution is -0.291. The van der Waals surface area contributed by atoms with Crippen molar-refractivity contribution in [3.63, 3.8) is 0 Å². The molecule has 1 aromatic carbocycles. The fourth-order valence-corrected chi connectivity index (χ4v) is 3.43. The maximum Gasteiger partial charge on any atom is 0.417 e. The quantitative estimate of drug-likeness (QED) is 0.848. The van der Waals surface area contributed by atoms with Gasteiger partial charge in [0.15, 0.2) is 5.60 Å². The van der Waals surface area contributed by atoms with Crippen molar-refractivity contribution >= 4 is 6.09 Å². The molecular formula is C19H24F3NO3. The van der Waals surface area contributed by atoms with Crippen LogP contribution >= 0.6 is 0 Å². The molecule has 7 heteroatoms. The molecule has 26 heavy (non-hydrogen) atoms. The van der Waals surface area contributed by atoms with Gasteiger partial charge in [0.25, 0.3) is 0 Å². The van der Waals surface area contributed by atoms with Crippen LogP contribution in [0, 0.1) is 0 Å². The minimum Gasteiger partial charge on any atom is -0.444 e. The molecule has 1 amide bonds. The van der Waals surface area contributed by atoms with Gasteiger partial charge in [-0.05, 0) is 50.7 Å². The number of alkyl halides is 3. The Hall–Kier alpha value is -1.76. The maximum absolute atomic E-state index is 12.7. The molecule has 0 bridgehead atoms. The third kappa shape index (κ3) is 3.68. The van der Waals surface area contributed by atoms with Crippen LogP contribution in [0.2, 0.25) is 0 Å². The molecule has 4 nitrogen and oxygen atoms in total. The number of hydrogen-bond acceptors (Lipinski definition) is 3. The third-order valence-corrected chi connectivity index (χ3v) is 5.11. The van der Waals surface area contributed by atoms with Gasteiger partial charge in [-0.2, -0.15) is 13.2 Å². The summed E-state index contributed by atoms with van der Waals surface area (Å²) in [5.41, 5.74) is -1.20. The largest absolute Gasteiger partial charge is 0.444 e. The van der Waals surface area contributed by atoms with Crippen molar-refractivity contribution < 1.29 is 27.8 Å². The van der Waals surface area contributed by atoms with E-state index in [0.717, 1.165) is 11.1 Å². The molecule has 0 radical (unpaired) electrons. The Balaban J connectivity index is 1.52. The molecule has 2 aliphatic rings. The first-order valence-electron chi connectivity index (χ1n) is 8.75. The number of amides is 1. The third-order valence-electron chi connectivity index (χ3n) is 5.11. The Morgan fingerprint density at radius 2 is 1.54 bits per heavy atom. The lowest BCUT2D eigenvalue weighted by atomic mass is 9.67. The Labute approximate surface area is 150 Å². The molecule has 0 spiro atoms. The lowest BCUT2D eigenvalue weighted by Crippen LogP contribution is -2.54. The number of rotatable bonds is 2. The first-order valence-corrected chi connectivity index (χ1v) is 8.75. The van der Waals surface area contributed by atoms with E-state index >= 15 is 0 Å². The van der Waals surface area contributed by atoms with Gasteiger partial charge in [-0.15, -0.1) is 0 Å². The zero-order valence-electron chi connectivity index (χ0n) is 15.1. The van der Waals surface area contributed by atoms with E-state index in [1.54, 1.807) is 4.90 Å². The van der Waals surface area contributed by atoms with Gasteiger partial charge in [0.05, 0.1) is 0 Å². The Morgan fingerprint density at radius 3 is 1.96 bits per heavy atom. The summed E-state index contributed by atoms with van der Waals surface area (Å²) in [7, 11) is 0. The van der Waals surface area contributed by atoms with Crippen LogP contribution in [-0.4, -0.2) is 46.6 Å². The molecule has 2 fully saturated rings. The Bertz CT molecular complexity index is 667. The number of nitrogens with zero attached hydrogens (tertiary/aromatic N) is 1. The highest BCUT2D eigenvalue weighted by Crippen LogP contribution is 2.52. The molecule has 0 aromatic heterocycles. The standard InChI is InChI=1S/C19H24F3NO3/c1-17(2,3)26-16(24)23-10-15(11-23)13-6-4-12(5-7-13)14-8-18(25,9-14)19(20,21)22/h4-7,14-15,25H,8-11H2,1-3H3. The molecule has 1 aliphatic carbocycles. The molecular weight excluding hydrogens is 347 g/mol. The number of hydrogen-bond donors (Lipinski definition) is 1. The molecule has 1 heterocycles. The molecule has 0 atom stereocenters. The fraction of sp³-hybridized carbons (Fsp3) is 0.632. The van der Waals surface area contributed by atoms with E-state index in [1.165, 1.54) is 0 Å². The first kappa shape index (κ1) is 19.0. The van der Waals surface area contributed by atoms with E-state index in [9.17, 15) is 23.1 Å². The molecule has 1 saturated carbocycles. The number of aliphatic hydroxyl groups is 1. The summed E-state index contributed by atoms with van der Waals surface area (Å²) in [5.74, 6) is -0.0552. The van der Waals surface area contributed by atoms with Gasteiger partial charge in [0.2, 0.25) is 0 Å². The Morgan fingerprint density at radius 1 is 1.08 bits per heavy atom. The smallest absolute Gasteiger partial charge is 0.417 e. The van der Waals surface area contributed by atoms with E-state index in [4.69, 9.17) is 4.74 Å². The highest BCUT2D eigenvalue weighted by molar-refractivity contribution is 5.69. The summed E-state index contributed by atoms with van der Waals surface area (Å²) < 4.78 is 43.4. The molecule has 1 N–H and O–H groups in total. The van der Waals surface area contributed by atoms with Crippen molar-refractivity contribution in [1.82, 2.24) is 4.90 Å². The van der Waals surface area contributed by atoms with Crippen LogP contribution in [0.1, 0.15) is 56.6 Å². The number of carbonyl (C=O) groups is 1. The second-order valence-corrected chi connectivity index (χ2v) is 8.38. The lowest BCUT2D eigenvalue weighted by Gasteiger charge is -2.45. The van der Waals surface area contributed by atoms with Crippen LogP contribution in [0.15, 0.2) is 24.3 Å². The number of ether oxygens (including phenoxy) is 1. The first-order chi connectivity index (χ1) is 11.9. The van der Waals surface area contributed by atoms with Crippen molar-refractivity contribution in [1.29, 1.82) is 0 Å². The molecule has 1 saturated heterocycles. The SMILES string of the molecule is CC(C)(C)OC(=O)N1CC(c2ccc(C3CC(O)(C(F)(F)F)C3)cc2)C1. The molecule has 0 unspecified atom stereocenters. The highest BCUT2D eigenvalue weighted by Gasteiger charge is 2.61. The van der Waals surface area contributed by atoms with Gasteiger partial charge < -0.3 is 14.7 Å². The number of carbonyl (C=O) groups excluding carboxylic acids is 1. The van der Waals surface area contributed by atoms with Crippen LogP contribution in [-0.2, 0) is 4.74 Å². The second kappa shape index (κ2) is 6.15. The Kier molecular flexibility index (Phi) is 4.50. The van der Waals surface area contributed by atoms with Crippen molar-refractivity contribution in [3.05, 3.63) is 35.4 Å². The van der Waals surface area contributed by atoms with Gasteiger partial charge in [-0.25, -0.2) is 4.79 Å². The summed E-state index contributed by atoms with van der Waals surface area (Å²) >= 11 is 0. The van der Waals surface area contributed by atoms with E-state index < -0.39 is 17.4 Å². The summed E-state index contributed by atoms with van der Waals surface area (Å²) in [6.07, 6.45) is -5.47. The summed E-state index contributed by atoms with van der Waals surface area (Å²) in [6.45, 7) is 6.61. The van der Waals surface area contributed by atoms with E-state index in [1.807, 2.05) is 45.0 Å². The van der Waals surface area contributed by atoms with E-state index in [2.05, 4.69) is 0 Å². The number of likely N-dealkylation sites (tertiary alicyclic amines) is 1. The molecule has 1 aromatic rings. The predicted molar refractivity (Wildman–Crippen MR) is 90.0 cm³/mol. The van der Waals surface area contributed by atoms with Gasteiger partial charge >= 0.3 is 12.3 Å². The van der Waals surface area contributed by atoms with E-state index in [-0.39, 0.29) is 30.8 Å². The summed E-state index contributed by atoms with van der Waals surface area (Å²) in [6, 6.07) is 7.45. The molecule has 3 rings (SSSR count). The van der Waals surface area contributed by atoms with Gasteiger partial charge in [0, 0.05) is 19.0 Å². The van der Waals surface area contributed by atoms with Crippen LogP contribution < -0.4 is 0 Å². The van der Waals surface area contributed by atoms with Crippen LogP contribution in [0.4, 0.5) is 18.0 Å². The van der Waals surface area contributed by atoms with Gasteiger partial charge in [-0.1, -0.05) is 24.3 Å². The number of benzene rings is 1. The minimum absolute atomic E-state index is 0.213. The van der Waals surface area contributed by atoms with Gasteiger partial charge in [-0.3, -0.25) is 0 Å².